The van der Waals surface area contributed by atoms with Crippen LogP contribution >= 0.6 is 0 Å². The van der Waals surface area contributed by atoms with E-state index in [9.17, 15) is 4.79 Å². The van der Waals surface area contributed by atoms with Crippen LogP contribution in [0.5, 0.6) is 0 Å². The number of amides is 1. The Labute approximate surface area is 105 Å². The van der Waals surface area contributed by atoms with Crippen LogP contribution in [-0.2, 0) is 9.53 Å². The van der Waals surface area contributed by atoms with E-state index < -0.39 is 6.04 Å². The molecule has 0 bridgehead atoms. The van der Waals surface area contributed by atoms with E-state index in [1.54, 1.807) is 7.11 Å². The number of hydrogen-bond acceptors (Lipinski definition) is 3. The number of rotatable bonds is 8. The second-order valence-corrected chi connectivity index (χ2v) is 5.08. The van der Waals surface area contributed by atoms with Crippen molar-refractivity contribution in [1.82, 2.24) is 4.90 Å². The average molecular weight is 244 g/mol. The van der Waals surface area contributed by atoms with Crippen molar-refractivity contribution in [2.24, 2.45) is 17.6 Å². The van der Waals surface area contributed by atoms with E-state index in [0.29, 0.717) is 19.1 Å². The smallest absolute Gasteiger partial charge is 0.239 e. The van der Waals surface area contributed by atoms with Crippen LogP contribution in [0.25, 0.3) is 0 Å². The van der Waals surface area contributed by atoms with Crippen molar-refractivity contribution in [3.05, 3.63) is 0 Å². The van der Waals surface area contributed by atoms with Gasteiger partial charge in [-0.05, 0) is 11.8 Å². The largest absolute Gasteiger partial charge is 0.383 e. The predicted molar refractivity (Wildman–Crippen MR) is 70.7 cm³/mol. The van der Waals surface area contributed by atoms with E-state index in [0.717, 1.165) is 13.0 Å². The molecule has 0 aromatic rings. The Bertz CT molecular complexity index is 219. The number of carbonyl (C=O) groups is 1. The molecule has 0 heterocycles. The van der Waals surface area contributed by atoms with Crippen LogP contribution in [0, 0.1) is 11.8 Å². The minimum atomic E-state index is -0.393. The first-order valence-electron chi connectivity index (χ1n) is 6.47. The van der Waals surface area contributed by atoms with Gasteiger partial charge in [-0.3, -0.25) is 4.79 Å². The maximum Gasteiger partial charge on any atom is 0.239 e. The van der Waals surface area contributed by atoms with Crippen molar-refractivity contribution < 1.29 is 9.53 Å². The summed E-state index contributed by atoms with van der Waals surface area (Å²) in [5.74, 6) is 0.713. The fraction of sp³-hybridized carbons (Fsp3) is 0.923. The molecule has 0 aromatic carbocycles. The maximum absolute atomic E-state index is 12.2. The number of ether oxygens (including phenoxy) is 1. The average Bonchev–Trinajstić information content (AvgIpc) is 2.31. The minimum absolute atomic E-state index is 0.0464. The second kappa shape index (κ2) is 8.48. The Morgan fingerprint density at radius 2 is 1.94 bits per heavy atom. The van der Waals surface area contributed by atoms with E-state index >= 15 is 0 Å². The monoisotopic (exact) mass is 244 g/mol. The van der Waals surface area contributed by atoms with Gasteiger partial charge in [-0.1, -0.05) is 34.1 Å². The predicted octanol–water partition coefficient (Wildman–Crippen LogP) is 1.49. The molecule has 2 N–H and O–H groups in total. The Morgan fingerprint density at radius 1 is 1.35 bits per heavy atom. The van der Waals surface area contributed by atoms with Crippen LogP contribution in [0.3, 0.4) is 0 Å². The molecule has 102 valence electrons. The summed E-state index contributed by atoms with van der Waals surface area (Å²) >= 11 is 0. The highest BCUT2D eigenvalue weighted by Gasteiger charge is 2.25. The molecule has 0 unspecified atom stereocenters. The van der Waals surface area contributed by atoms with Crippen LogP contribution in [0.15, 0.2) is 0 Å². The van der Waals surface area contributed by atoms with Gasteiger partial charge in [0.2, 0.25) is 5.91 Å². The lowest BCUT2D eigenvalue weighted by Crippen LogP contribution is -2.49. The van der Waals surface area contributed by atoms with Crippen molar-refractivity contribution >= 4 is 5.91 Å². The molecule has 2 atom stereocenters. The van der Waals surface area contributed by atoms with Crippen molar-refractivity contribution in [3.63, 3.8) is 0 Å². The topological polar surface area (TPSA) is 55.6 Å². The third kappa shape index (κ3) is 6.03. The third-order valence-electron chi connectivity index (χ3n) is 3.00. The van der Waals surface area contributed by atoms with E-state index in [-0.39, 0.29) is 11.8 Å². The number of carbonyl (C=O) groups excluding carboxylic acids is 1. The third-order valence-corrected chi connectivity index (χ3v) is 3.00. The summed E-state index contributed by atoms with van der Waals surface area (Å²) in [6.07, 6.45) is 0.923. The van der Waals surface area contributed by atoms with E-state index in [4.69, 9.17) is 10.5 Å². The molecule has 0 aliphatic heterocycles. The van der Waals surface area contributed by atoms with Gasteiger partial charge < -0.3 is 15.4 Å². The molecule has 1 amide bonds. The van der Waals surface area contributed by atoms with Crippen molar-refractivity contribution in [2.45, 2.75) is 40.2 Å². The van der Waals surface area contributed by atoms with Gasteiger partial charge in [-0.2, -0.15) is 0 Å². The number of nitrogens with zero attached hydrogens (tertiary/aromatic N) is 1. The molecule has 0 saturated heterocycles. The zero-order valence-electron chi connectivity index (χ0n) is 11.9. The fourth-order valence-electron chi connectivity index (χ4n) is 1.64. The Kier molecular flexibility index (Phi) is 8.17. The van der Waals surface area contributed by atoms with Gasteiger partial charge in [0.05, 0.1) is 12.6 Å². The molecule has 0 radical (unpaired) electrons. The SMILES string of the molecule is CC[C@H](C)[C@H](N)C(=O)N(CCOC)CC(C)C. The first kappa shape index (κ1) is 16.4. The molecule has 4 heteroatoms. The van der Waals surface area contributed by atoms with Crippen molar-refractivity contribution in [3.8, 4) is 0 Å². The second-order valence-electron chi connectivity index (χ2n) is 5.08. The quantitative estimate of drug-likeness (QED) is 0.704. The summed E-state index contributed by atoms with van der Waals surface area (Å²) < 4.78 is 5.04. The van der Waals surface area contributed by atoms with Crippen LogP contribution in [0.2, 0.25) is 0 Å². The number of hydrogen-bond donors (Lipinski definition) is 1. The molecular formula is C13H28N2O2. The Balaban J connectivity index is 4.49. The zero-order valence-corrected chi connectivity index (χ0v) is 11.9. The van der Waals surface area contributed by atoms with Crippen LogP contribution in [-0.4, -0.2) is 43.7 Å². The molecule has 4 nitrogen and oxygen atoms in total. The van der Waals surface area contributed by atoms with Gasteiger partial charge in [-0.25, -0.2) is 0 Å². The summed E-state index contributed by atoms with van der Waals surface area (Å²) in [6, 6.07) is -0.393. The number of methoxy groups -OCH3 is 1. The van der Waals surface area contributed by atoms with Gasteiger partial charge in [0.15, 0.2) is 0 Å². The molecule has 0 fully saturated rings. The van der Waals surface area contributed by atoms with Gasteiger partial charge in [0.25, 0.3) is 0 Å². The first-order chi connectivity index (χ1) is 7.93. The summed E-state index contributed by atoms with van der Waals surface area (Å²) in [5.41, 5.74) is 5.99. The van der Waals surface area contributed by atoms with Gasteiger partial charge in [0, 0.05) is 20.2 Å². The molecule has 0 saturated carbocycles. The summed E-state index contributed by atoms with van der Waals surface area (Å²) in [5, 5.41) is 0. The first-order valence-corrected chi connectivity index (χ1v) is 6.47. The van der Waals surface area contributed by atoms with Crippen LogP contribution in [0.4, 0.5) is 0 Å². The summed E-state index contributed by atoms with van der Waals surface area (Å²) in [7, 11) is 1.65. The molecule has 0 rings (SSSR count). The normalized spacial score (nSPS) is 14.8. The molecule has 0 aliphatic rings. The van der Waals surface area contributed by atoms with E-state index in [2.05, 4.69) is 20.8 Å². The highest BCUT2D eigenvalue weighted by atomic mass is 16.5. The minimum Gasteiger partial charge on any atom is -0.383 e. The van der Waals surface area contributed by atoms with Crippen LogP contribution < -0.4 is 5.73 Å². The van der Waals surface area contributed by atoms with Crippen molar-refractivity contribution in [1.29, 1.82) is 0 Å². The molecule has 17 heavy (non-hydrogen) atoms. The Morgan fingerprint density at radius 3 is 2.35 bits per heavy atom. The summed E-state index contributed by atoms with van der Waals surface area (Å²) in [4.78, 5) is 14.1. The van der Waals surface area contributed by atoms with Gasteiger partial charge in [-0.15, -0.1) is 0 Å². The van der Waals surface area contributed by atoms with Gasteiger partial charge in [0.1, 0.15) is 0 Å². The molecular weight excluding hydrogens is 216 g/mol. The molecule has 0 aromatic heterocycles. The maximum atomic E-state index is 12.2. The zero-order chi connectivity index (χ0) is 13.4. The van der Waals surface area contributed by atoms with E-state index in [1.807, 2.05) is 11.8 Å². The van der Waals surface area contributed by atoms with Crippen LogP contribution in [0.1, 0.15) is 34.1 Å². The lowest BCUT2D eigenvalue weighted by Gasteiger charge is -2.29. The fourth-order valence-corrected chi connectivity index (χ4v) is 1.64. The number of nitrogens with two attached hydrogens (primary N) is 1. The summed E-state index contributed by atoms with van der Waals surface area (Å²) in [6.45, 7) is 10.2. The van der Waals surface area contributed by atoms with Gasteiger partial charge >= 0.3 is 0 Å². The van der Waals surface area contributed by atoms with Crippen molar-refractivity contribution in [2.75, 3.05) is 26.8 Å². The molecule has 0 aliphatic carbocycles. The lowest BCUT2D eigenvalue weighted by molar-refractivity contribution is -0.135. The standard InChI is InChI=1S/C13H28N2O2/c1-6-11(4)12(14)13(16)15(7-8-17-5)9-10(2)3/h10-12H,6-9,14H2,1-5H3/t11-,12-/m0/s1. The lowest BCUT2D eigenvalue weighted by atomic mass is 9.98. The highest BCUT2D eigenvalue weighted by molar-refractivity contribution is 5.82. The highest BCUT2D eigenvalue weighted by Crippen LogP contribution is 2.10. The molecule has 0 spiro atoms. The Hall–Kier alpha value is -0.610. The van der Waals surface area contributed by atoms with E-state index in [1.165, 1.54) is 0 Å².